The lowest BCUT2D eigenvalue weighted by Crippen LogP contribution is -2.11. The molecule has 0 unspecified atom stereocenters. The maximum absolute atomic E-state index is 12.6. The Balaban J connectivity index is 3.22. The molecule has 0 aliphatic carbocycles. The van der Waals surface area contributed by atoms with Crippen LogP contribution in [0.1, 0.15) is 30.0 Å². The molecule has 1 rings (SSSR count). The zero-order valence-corrected chi connectivity index (χ0v) is 7.99. The lowest BCUT2D eigenvalue weighted by molar-refractivity contribution is -0.138. The second-order valence-electron chi connectivity index (χ2n) is 3.20. The average molecular weight is 201 g/mol. The quantitative estimate of drug-likeness (QED) is 0.682. The molecule has 0 bridgehead atoms. The molecule has 0 N–H and O–H groups in total. The van der Waals surface area contributed by atoms with E-state index in [-0.39, 0.29) is 5.56 Å². The van der Waals surface area contributed by atoms with Gasteiger partial charge in [0, 0.05) is 0 Å². The summed E-state index contributed by atoms with van der Waals surface area (Å²) in [7, 11) is 0. The molecule has 1 aromatic carbocycles. The van der Waals surface area contributed by atoms with Crippen LogP contribution in [0.2, 0.25) is 0 Å². The van der Waals surface area contributed by atoms with Crippen molar-refractivity contribution in [3.8, 4) is 0 Å². The zero-order valence-electron chi connectivity index (χ0n) is 7.99. The Kier molecular flexibility index (Phi) is 3.19. The van der Waals surface area contributed by atoms with Crippen molar-refractivity contribution in [2.45, 2.75) is 25.9 Å². The zero-order chi connectivity index (χ0) is 10.8. The van der Waals surface area contributed by atoms with Crippen molar-refractivity contribution in [1.82, 2.24) is 0 Å². The van der Waals surface area contributed by atoms with Gasteiger partial charge in [0.25, 0.3) is 0 Å². The Labute approximate surface area is 81.8 Å². The first kappa shape index (κ1) is 11.1. The van der Waals surface area contributed by atoms with Gasteiger partial charge in [0.1, 0.15) is 0 Å². The molecule has 0 fully saturated rings. The maximum atomic E-state index is 12.6. The minimum atomic E-state index is -4.29. The molecule has 0 spiro atoms. The molecule has 14 heavy (non-hydrogen) atoms. The Morgan fingerprint density at radius 2 is 1.93 bits per heavy atom. The molecule has 0 aliphatic heterocycles. The van der Waals surface area contributed by atoms with Crippen molar-refractivity contribution in [3.05, 3.63) is 41.8 Å². The van der Waals surface area contributed by atoms with E-state index in [4.69, 9.17) is 0 Å². The van der Waals surface area contributed by atoms with Gasteiger partial charge in [-0.1, -0.05) is 31.5 Å². The molecule has 0 saturated heterocycles. The second-order valence-corrected chi connectivity index (χ2v) is 3.20. The van der Waals surface area contributed by atoms with Crippen LogP contribution in [-0.2, 0) is 12.6 Å². The monoisotopic (exact) mass is 201 g/mol. The van der Waals surface area contributed by atoms with Crippen LogP contribution in [0.3, 0.4) is 0 Å². The van der Waals surface area contributed by atoms with Gasteiger partial charge in [0.15, 0.2) is 0 Å². The minimum absolute atomic E-state index is 0.0588. The molecule has 77 valence electrons. The molecule has 0 saturated carbocycles. The van der Waals surface area contributed by atoms with Crippen molar-refractivity contribution in [3.63, 3.8) is 0 Å². The van der Waals surface area contributed by atoms with Gasteiger partial charge >= 0.3 is 6.18 Å². The third-order valence-corrected chi connectivity index (χ3v) is 2.04. The molecule has 1 aromatic rings. The van der Waals surface area contributed by atoms with E-state index in [1.807, 2.05) is 6.92 Å². The largest absolute Gasteiger partial charge is 0.416 e. The van der Waals surface area contributed by atoms with Crippen LogP contribution < -0.4 is 0 Å². The lowest BCUT2D eigenvalue weighted by Gasteiger charge is -2.14. The van der Waals surface area contributed by atoms with E-state index in [9.17, 15) is 13.2 Å². The molecule has 0 amide bonds. The second kappa shape index (κ2) is 4.03. The maximum Gasteiger partial charge on any atom is 0.416 e. The molecule has 3 heteroatoms. The van der Waals surface area contributed by atoms with Crippen LogP contribution in [0.25, 0.3) is 0 Å². The summed E-state index contributed by atoms with van der Waals surface area (Å²) in [6.45, 7) is 5.27. The summed E-state index contributed by atoms with van der Waals surface area (Å²) < 4.78 is 37.8. The van der Waals surface area contributed by atoms with Gasteiger partial charge in [-0.15, -0.1) is 0 Å². The third kappa shape index (κ3) is 2.28. The Morgan fingerprint density at radius 1 is 1.29 bits per heavy atom. The highest BCUT2D eigenvalue weighted by Gasteiger charge is 2.34. The fourth-order valence-corrected chi connectivity index (χ4v) is 1.50. The molecule has 0 heterocycles. The van der Waals surface area contributed by atoms with Crippen LogP contribution in [0.4, 0.5) is 13.2 Å². The first-order valence-electron chi connectivity index (χ1n) is 4.48. The predicted octanol–water partition coefficient (Wildman–Crippen LogP) is 3.84. The van der Waals surface area contributed by atoms with Crippen LogP contribution in [-0.4, -0.2) is 0 Å². The Bertz CT molecular complexity index is 313. The predicted molar refractivity (Wildman–Crippen MR) is 49.9 cm³/mol. The SMILES string of the molecule is [CH2]c1cccc(CCC)c1C(F)(F)F. The standard InChI is InChI=1S/C11H12F3/c1-3-5-9-7-4-6-8(2)10(9)11(12,13)14/h4,6-7H,2-3,5H2,1H3. The lowest BCUT2D eigenvalue weighted by atomic mass is 9.98. The van der Waals surface area contributed by atoms with E-state index < -0.39 is 11.7 Å². The summed E-state index contributed by atoms with van der Waals surface area (Å²) >= 11 is 0. The number of hydrogen-bond donors (Lipinski definition) is 0. The van der Waals surface area contributed by atoms with Crippen molar-refractivity contribution in [2.75, 3.05) is 0 Å². The van der Waals surface area contributed by atoms with E-state index in [0.29, 0.717) is 18.4 Å². The number of hydrogen-bond acceptors (Lipinski definition) is 0. The summed E-state index contributed by atoms with van der Waals surface area (Å²) in [4.78, 5) is 0. The fraction of sp³-hybridized carbons (Fsp3) is 0.364. The van der Waals surface area contributed by atoms with E-state index in [0.717, 1.165) is 0 Å². The topological polar surface area (TPSA) is 0 Å². The van der Waals surface area contributed by atoms with Crippen molar-refractivity contribution < 1.29 is 13.2 Å². The van der Waals surface area contributed by atoms with Crippen molar-refractivity contribution >= 4 is 0 Å². The van der Waals surface area contributed by atoms with Crippen LogP contribution in [0.5, 0.6) is 0 Å². The van der Waals surface area contributed by atoms with Gasteiger partial charge in [-0.2, -0.15) is 13.2 Å². The van der Waals surface area contributed by atoms with Gasteiger partial charge in [-0.25, -0.2) is 0 Å². The van der Waals surface area contributed by atoms with Crippen molar-refractivity contribution in [2.24, 2.45) is 0 Å². The number of aryl methyl sites for hydroxylation is 1. The van der Waals surface area contributed by atoms with Crippen LogP contribution in [0, 0.1) is 6.92 Å². The number of benzene rings is 1. The van der Waals surface area contributed by atoms with Gasteiger partial charge in [-0.3, -0.25) is 0 Å². The highest BCUT2D eigenvalue weighted by molar-refractivity contribution is 5.39. The highest BCUT2D eigenvalue weighted by atomic mass is 19.4. The smallest absolute Gasteiger partial charge is 0.166 e. The number of rotatable bonds is 2. The number of halogens is 3. The molecule has 0 nitrogen and oxygen atoms in total. The molecule has 0 atom stereocenters. The summed E-state index contributed by atoms with van der Waals surface area (Å²) in [5.74, 6) is 0. The van der Waals surface area contributed by atoms with Crippen LogP contribution >= 0.6 is 0 Å². The van der Waals surface area contributed by atoms with Gasteiger partial charge in [0.05, 0.1) is 5.56 Å². The molecular formula is C11H12F3. The molecule has 0 aromatic heterocycles. The molecular weight excluding hydrogens is 189 g/mol. The van der Waals surface area contributed by atoms with Crippen LogP contribution in [0.15, 0.2) is 18.2 Å². The Hall–Kier alpha value is -0.990. The normalized spacial score (nSPS) is 11.8. The molecule has 0 aliphatic rings. The first-order valence-corrected chi connectivity index (χ1v) is 4.48. The summed E-state index contributed by atoms with van der Waals surface area (Å²) in [5, 5.41) is 0. The van der Waals surface area contributed by atoms with Gasteiger partial charge in [0.2, 0.25) is 0 Å². The minimum Gasteiger partial charge on any atom is -0.166 e. The summed E-state index contributed by atoms with van der Waals surface area (Å²) in [5.41, 5.74) is -0.169. The molecule has 1 radical (unpaired) electrons. The Morgan fingerprint density at radius 3 is 2.43 bits per heavy atom. The summed E-state index contributed by atoms with van der Waals surface area (Å²) in [6.07, 6.45) is -3.15. The van der Waals surface area contributed by atoms with E-state index in [1.165, 1.54) is 12.1 Å². The van der Waals surface area contributed by atoms with Crippen molar-refractivity contribution in [1.29, 1.82) is 0 Å². The first-order chi connectivity index (χ1) is 6.46. The van der Waals surface area contributed by atoms with Gasteiger partial charge in [-0.05, 0) is 24.5 Å². The highest BCUT2D eigenvalue weighted by Crippen LogP contribution is 2.34. The average Bonchev–Trinajstić information content (AvgIpc) is 2.02. The summed E-state index contributed by atoms with van der Waals surface area (Å²) in [6, 6.07) is 4.52. The van der Waals surface area contributed by atoms with Gasteiger partial charge < -0.3 is 0 Å². The fourth-order valence-electron chi connectivity index (χ4n) is 1.50. The number of alkyl halides is 3. The van der Waals surface area contributed by atoms with E-state index >= 15 is 0 Å². The van der Waals surface area contributed by atoms with E-state index in [2.05, 4.69) is 6.92 Å². The van der Waals surface area contributed by atoms with E-state index in [1.54, 1.807) is 6.07 Å². The third-order valence-electron chi connectivity index (χ3n) is 2.04.